The van der Waals surface area contributed by atoms with Crippen LogP contribution < -0.4 is 11.2 Å². The van der Waals surface area contributed by atoms with Crippen molar-refractivity contribution in [1.82, 2.24) is 9.55 Å². The molecule has 20 heavy (non-hydrogen) atoms. The third-order valence-electron chi connectivity index (χ3n) is 3.25. The summed E-state index contributed by atoms with van der Waals surface area (Å²) in [4.78, 5) is 25.3. The molecule has 4 N–H and O–H groups in total. The Hall–Kier alpha value is -1.99. The first-order valence-electron chi connectivity index (χ1n) is 5.80. The summed E-state index contributed by atoms with van der Waals surface area (Å²) < 4.78 is 5.94. The van der Waals surface area contributed by atoms with E-state index in [1.165, 1.54) is 6.92 Å². The number of nitrogens with one attached hydrogen (secondary N) is 1. The number of hydrogen-bond acceptors (Lipinski definition) is 7. The quantitative estimate of drug-likeness (QED) is 0.462. The SMILES string of the molecule is Cc1c(C#N)n([C@@H]2O[C@H](CO)[C@@H](O)[C@@H]2O)c(=O)[nH]c1=O. The molecule has 1 aliphatic rings. The molecular weight excluding hydrogens is 270 g/mol. The van der Waals surface area contributed by atoms with Crippen molar-refractivity contribution in [3.8, 4) is 6.07 Å². The molecule has 1 aromatic heterocycles. The molecule has 1 saturated heterocycles. The second-order valence-corrected chi connectivity index (χ2v) is 4.44. The van der Waals surface area contributed by atoms with E-state index in [1.807, 2.05) is 4.98 Å². The van der Waals surface area contributed by atoms with Gasteiger partial charge < -0.3 is 20.1 Å². The van der Waals surface area contributed by atoms with Crippen LogP contribution in [0.5, 0.6) is 0 Å². The molecule has 0 spiro atoms. The molecule has 0 aromatic carbocycles. The van der Waals surface area contributed by atoms with Crippen LogP contribution in [-0.2, 0) is 4.74 Å². The monoisotopic (exact) mass is 283 g/mol. The summed E-state index contributed by atoms with van der Waals surface area (Å²) in [5, 5.41) is 37.6. The molecule has 0 saturated carbocycles. The van der Waals surface area contributed by atoms with E-state index in [4.69, 9.17) is 15.1 Å². The van der Waals surface area contributed by atoms with Crippen LogP contribution in [0.3, 0.4) is 0 Å². The molecule has 0 amide bonds. The van der Waals surface area contributed by atoms with Crippen molar-refractivity contribution in [3.63, 3.8) is 0 Å². The zero-order valence-electron chi connectivity index (χ0n) is 10.5. The molecule has 108 valence electrons. The molecule has 1 aliphatic heterocycles. The number of aromatic amines is 1. The first kappa shape index (κ1) is 14.4. The van der Waals surface area contributed by atoms with Gasteiger partial charge in [0.1, 0.15) is 30.1 Å². The van der Waals surface area contributed by atoms with Gasteiger partial charge in [-0.1, -0.05) is 0 Å². The van der Waals surface area contributed by atoms with Gasteiger partial charge >= 0.3 is 5.69 Å². The zero-order valence-corrected chi connectivity index (χ0v) is 10.5. The van der Waals surface area contributed by atoms with Crippen molar-refractivity contribution < 1.29 is 20.1 Å². The third kappa shape index (κ3) is 2.04. The van der Waals surface area contributed by atoms with Gasteiger partial charge in [-0.25, -0.2) is 4.79 Å². The molecule has 2 rings (SSSR count). The van der Waals surface area contributed by atoms with Gasteiger partial charge in [0.05, 0.1) is 6.61 Å². The molecular formula is C11H13N3O6. The van der Waals surface area contributed by atoms with E-state index in [0.29, 0.717) is 0 Å². The van der Waals surface area contributed by atoms with Gasteiger partial charge in [0.15, 0.2) is 6.23 Å². The number of H-pyrrole nitrogens is 1. The first-order chi connectivity index (χ1) is 9.42. The van der Waals surface area contributed by atoms with Crippen molar-refractivity contribution in [2.75, 3.05) is 6.61 Å². The maximum Gasteiger partial charge on any atom is 0.331 e. The summed E-state index contributed by atoms with van der Waals surface area (Å²) in [5.74, 6) is 0. The highest BCUT2D eigenvalue weighted by molar-refractivity contribution is 5.29. The third-order valence-corrected chi connectivity index (χ3v) is 3.25. The highest BCUT2D eigenvalue weighted by Crippen LogP contribution is 2.29. The Balaban J connectivity index is 2.60. The second-order valence-electron chi connectivity index (χ2n) is 4.44. The fourth-order valence-corrected chi connectivity index (χ4v) is 2.11. The number of aliphatic hydroxyl groups excluding tert-OH is 3. The second kappa shape index (κ2) is 5.18. The van der Waals surface area contributed by atoms with E-state index >= 15 is 0 Å². The van der Waals surface area contributed by atoms with Crippen LogP contribution in [0.4, 0.5) is 0 Å². The van der Waals surface area contributed by atoms with Crippen LogP contribution in [-0.4, -0.2) is 49.8 Å². The normalized spacial score (nSPS) is 29.4. The van der Waals surface area contributed by atoms with Crippen molar-refractivity contribution in [2.24, 2.45) is 0 Å². The topological polar surface area (TPSA) is 149 Å². The summed E-state index contributed by atoms with van der Waals surface area (Å²) in [6, 6.07) is 1.70. The Morgan fingerprint density at radius 2 is 2.05 bits per heavy atom. The van der Waals surface area contributed by atoms with E-state index in [-0.39, 0.29) is 11.3 Å². The molecule has 0 aliphatic carbocycles. The molecule has 9 nitrogen and oxygen atoms in total. The lowest BCUT2D eigenvalue weighted by molar-refractivity contribution is -0.0555. The Morgan fingerprint density at radius 3 is 2.55 bits per heavy atom. The molecule has 0 unspecified atom stereocenters. The van der Waals surface area contributed by atoms with Gasteiger partial charge in [-0.05, 0) is 6.92 Å². The number of rotatable bonds is 2. The lowest BCUT2D eigenvalue weighted by atomic mass is 10.1. The summed E-state index contributed by atoms with van der Waals surface area (Å²) in [6.07, 6.45) is -5.36. The Kier molecular flexibility index (Phi) is 3.74. The van der Waals surface area contributed by atoms with Gasteiger partial charge in [0, 0.05) is 5.56 Å². The van der Waals surface area contributed by atoms with Crippen molar-refractivity contribution in [1.29, 1.82) is 5.26 Å². The van der Waals surface area contributed by atoms with E-state index in [2.05, 4.69) is 0 Å². The van der Waals surface area contributed by atoms with Crippen LogP contribution in [0, 0.1) is 18.3 Å². The first-order valence-corrected chi connectivity index (χ1v) is 5.80. The fourth-order valence-electron chi connectivity index (χ4n) is 2.11. The van der Waals surface area contributed by atoms with Crippen LogP contribution in [0.1, 0.15) is 17.5 Å². The summed E-state index contributed by atoms with van der Waals surface area (Å²) in [5.41, 5.74) is -1.93. The van der Waals surface area contributed by atoms with E-state index < -0.39 is 42.4 Å². The number of aromatic nitrogens is 2. The Morgan fingerprint density at radius 1 is 1.40 bits per heavy atom. The van der Waals surface area contributed by atoms with E-state index in [9.17, 15) is 19.8 Å². The van der Waals surface area contributed by atoms with Crippen molar-refractivity contribution in [3.05, 3.63) is 32.1 Å². The minimum atomic E-state index is -1.51. The van der Waals surface area contributed by atoms with Crippen molar-refractivity contribution in [2.45, 2.75) is 31.5 Å². The number of aliphatic hydroxyl groups is 3. The molecule has 1 fully saturated rings. The van der Waals surface area contributed by atoms with Gasteiger partial charge in [-0.15, -0.1) is 0 Å². The maximum absolute atomic E-state index is 11.8. The smallest absolute Gasteiger partial charge is 0.331 e. The number of nitriles is 1. The summed E-state index contributed by atoms with van der Waals surface area (Å²) in [7, 11) is 0. The number of hydrogen-bond donors (Lipinski definition) is 4. The fraction of sp³-hybridized carbons (Fsp3) is 0.545. The lowest BCUT2D eigenvalue weighted by Crippen LogP contribution is -2.40. The molecule has 4 atom stereocenters. The van der Waals surface area contributed by atoms with Crippen LogP contribution in [0.2, 0.25) is 0 Å². The minimum Gasteiger partial charge on any atom is -0.394 e. The standard InChI is InChI=1S/C11H13N3O6/c1-4-5(2-12)14(11(19)13-9(4)18)10-8(17)7(16)6(3-15)20-10/h6-8,10,15-17H,3H2,1H3,(H,13,18,19)/t6-,7-,8+,10-/m1/s1. The minimum absolute atomic E-state index is 0.00941. The number of nitrogens with zero attached hydrogens (tertiary/aromatic N) is 2. The molecule has 0 bridgehead atoms. The molecule has 2 heterocycles. The van der Waals surface area contributed by atoms with Gasteiger partial charge in [0.25, 0.3) is 5.56 Å². The average Bonchev–Trinajstić information content (AvgIpc) is 2.70. The van der Waals surface area contributed by atoms with E-state index in [1.54, 1.807) is 6.07 Å². The molecule has 9 heteroatoms. The average molecular weight is 283 g/mol. The predicted molar refractivity (Wildman–Crippen MR) is 63.8 cm³/mol. The van der Waals surface area contributed by atoms with Gasteiger partial charge in [0.2, 0.25) is 0 Å². The Labute approximate surface area is 112 Å². The van der Waals surface area contributed by atoms with Crippen LogP contribution >= 0.6 is 0 Å². The molecule has 0 radical (unpaired) electrons. The maximum atomic E-state index is 11.8. The van der Waals surface area contributed by atoms with Crippen LogP contribution in [0.15, 0.2) is 9.59 Å². The summed E-state index contributed by atoms with van der Waals surface area (Å²) in [6.45, 7) is 0.780. The Bertz CT molecular complexity index is 672. The highest BCUT2D eigenvalue weighted by Gasteiger charge is 2.44. The zero-order chi connectivity index (χ0) is 15.0. The van der Waals surface area contributed by atoms with Gasteiger partial charge in [-0.3, -0.25) is 14.3 Å². The summed E-state index contributed by atoms with van der Waals surface area (Å²) >= 11 is 0. The lowest BCUT2D eigenvalue weighted by Gasteiger charge is -2.19. The van der Waals surface area contributed by atoms with E-state index in [0.717, 1.165) is 4.57 Å². The number of ether oxygens (including phenoxy) is 1. The van der Waals surface area contributed by atoms with Crippen LogP contribution in [0.25, 0.3) is 0 Å². The largest absolute Gasteiger partial charge is 0.394 e. The van der Waals surface area contributed by atoms with Crippen molar-refractivity contribution >= 4 is 0 Å². The van der Waals surface area contributed by atoms with Gasteiger partial charge in [-0.2, -0.15) is 5.26 Å². The predicted octanol–water partition coefficient (Wildman–Crippen LogP) is -2.67. The highest BCUT2D eigenvalue weighted by atomic mass is 16.6. The molecule has 1 aromatic rings.